The Hall–Kier alpha value is -1.92. The van der Waals surface area contributed by atoms with E-state index in [0.29, 0.717) is 24.3 Å². The van der Waals surface area contributed by atoms with Crippen LogP contribution in [0.4, 0.5) is 4.39 Å². The van der Waals surface area contributed by atoms with Crippen molar-refractivity contribution in [3.05, 3.63) is 59.4 Å². The summed E-state index contributed by atoms with van der Waals surface area (Å²) in [5.74, 6) is 0.0220. The molecule has 1 N–H and O–H groups in total. The largest absolute Gasteiger partial charge is 0.494 e. The van der Waals surface area contributed by atoms with Crippen LogP contribution in [0.2, 0.25) is 0 Å². The van der Waals surface area contributed by atoms with Gasteiger partial charge in [-0.25, -0.2) is 12.8 Å². The van der Waals surface area contributed by atoms with Crippen LogP contribution in [0.3, 0.4) is 0 Å². The van der Waals surface area contributed by atoms with Crippen LogP contribution >= 0.6 is 0 Å². The number of fused-ring (bicyclic) bond motifs is 1. The third-order valence-corrected chi connectivity index (χ3v) is 6.14. The van der Waals surface area contributed by atoms with Crippen molar-refractivity contribution in [3.63, 3.8) is 0 Å². The second-order valence-corrected chi connectivity index (χ2v) is 7.95. The Morgan fingerprint density at radius 1 is 1.25 bits per heavy atom. The highest BCUT2D eigenvalue weighted by atomic mass is 32.2. The second-order valence-electron chi connectivity index (χ2n) is 5.87. The fourth-order valence-corrected chi connectivity index (χ4v) is 4.67. The zero-order valence-corrected chi connectivity index (χ0v) is 14.3. The first-order valence-electron chi connectivity index (χ1n) is 7.89. The summed E-state index contributed by atoms with van der Waals surface area (Å²) in [6, 6.07) is 12.0. The van der Waals surface area contributed by atoms with E-state index in [1.165, 1.54) is 13.2 Å². The van der Waals surface area contributed by atoms with Gasteiger partial charge in [0.1, 0.15) is 0 Å². The molecule has 0 saturated heterocycles. The number of hydrogen-bond acceptors (Lipinski definition) is 4. The smallest absolute Gasteiger partial charge is 0.178 e. The van der Waals surface area contributed by atoms with E-state index in [0.717, 1.165) is 11.1 Å². The standard InChI is InChI=1S/C18H20FNO3S/c1-23-17-12-13(6-7-15(17)19)8-10-20-16-9-11-24(21,22)18-5-3-2-4-14(16)18/h2-7,12,16,20H,8-11H2,1H3/t16-/m0/s1. The molecule has 0 fully saturated rings. The van der Waals surface area contributed by atoms with E-state index in [4.69, 9.17) is 4.74 Å². The van der Waals surface area contributed by atoms with Crippen LogP contribution in [-0.4, -0.2) is 27.8 Å². The van der Waals surface area contributed by atoms with Crippen LogP contribution in [0.5, 0.6) is 5.75 Å². The van der Waals surface area contributed by atoms with Crippen molar-refractivity contribution < 1.29 is 17.5 Å². The van der Waals surface area contributed by atoms with Crippen molar-refractivity contribution in [1.29, 1.82) is 0 Å². The fourth-order valence-electron chi connectivity index (χ4n) is 3.05. The maximum atomic E-state index is 13.4. The fraction of sp³-hybridized carbons (Fsp3) is 0.333. The van der Waals surface area contributed by atoms with Crippen LogP contribution in [0, 0.1) is 5.82 Å². The SMILES string of the molecule is COc1cc(CCN[C@H]2CCS(=O)(=O)c3ccccc32)ccc1F. The zero-order valence-electron chi connectivity index (χ0n) is 13.5. The van der Waals surface area contributed by atoms with E-state index in [9.17, 15) is 12.8 Å². The summed E-state index contributed by atoms with van der Waals surface area (Å²) in [6.07, 6.45) is 1.27. The van der Waals surface area contributed by atoms with E-state index >= 15 is 0 Å². The Labute approximate surface area is 141 Å². The van der Waals surface area contributed by atoms with Gasteiger partial charge in [0.25, 0.3) is 0 Å². The second kappa shape index (κ2) is 6.91. The monoisotopic (exact) mass is 349 g/mol. The molecule has 128 valence electrons. The molecular formula is C18H20FNO3S. The van der Waals surface area contributed by atoms with Crippen molar-refractivity contribution in [3.8, 4) is 5.75 Å². The van der Waals surface area contributed by atoms with Crippen molar-refractivity contribution >= 4 is 9.84 Å². The summed E-state index contributed by atoms with van der Waals surface area (Å²) in [7, 11) is -1.72. The summed E-state index contributed by atoms with van der Waals surface area (Å²) in [6.45, 7) is 0.674. The number of ether oxygens (including phenoxy) is 1. The molecule has 0 aliphatic carbocycles. The zero-order chi connectivity index (χ0) is 17.2. The molecule has 0 saturated carbocycles. The maximum absolute atomic E-state index is 13.4. The van der Waals surface area contributed by atoms with Gasteiger partial charge >= 0.3 is 0 Å². The molecule has 1 aliphatic rings. The van der Waals surface area contributed by atoms with Crippen LogP contribution in [0.25, 0.3) is 0 Å². The lowest BCUT2D eigenvalue weighted by atomic mass is 10.0. The molecule has 0 amide bonds. The molecule has 0 spiro atoms. The number of sulfone groups is 1. The van der Waals surface area contributed by atoms with Crippen LogP contribution < -0.4 is 10.1 Å². The van der Waals surface area contributed by atoms with Crippen molar-refractivity contribution in [1.82, 2.24) is 5.32 Å². The van der Waals surface area contributed by atoms with Gasteiger partial charge in [0.2, 0.25) is 0 Å². The Bertz CT molecular complexity index is 836. The van der Waals surface area contributed by atoms with E-state index in [-0.39, 0.29) is 23.4 Å². The Balaban J connectivity index is 1.68. The minimum Gasteiger partial charge on any atom is -0.494 e. The van der Waals surface area contributed by atoms with E-state index in [2.05, 4.69) is 5.32 Å². The molecule has 2 aromatic carbocycles. The third-order valence-electron chi connectivity index (χ3n) is 4.32. The summed E-state index contributed by atoms with van der Waals surface area (Å²) in [5, 5.41) is 3.42. The number of methoxy groups -OCH3 is 1. The number of rotatable bonds is 5. The minimum atomic E-state index is -3.16. The van der Waals surface area contributed by atoms with Crippen LogP contribution in [0.15, 0.2) is 47.4 Å². The highest BCUT2D eigenvalue weighted by molar-refractivity contribution is 7.91. The van der Waals surface area contributed by atoms with Crippen LogP contribution in [0.1, 0.15) is 23.6 Å². The molecule has 0 unspecified atom stereocenters. The first-order valence-corrected chi connectivity index (χ1v) is 9.54. The van der Waals surface area contributed by atoms with Crippen molar-refractivity contribution in [2.75, 3.05) is 19.4 Å². The highest BCUT2D eigenvalue weighted by Crippen LogP contribution is 2.31. The van der Waals surface area contributed by atoms with Gasteiger partial charge < -0.3 is 10.1 Å². The Kier molecular flexibility index (Phi) is 4.87. The minimum absolute atomic E-state index is 0.0204. The average Bonchev–Trinajstić information content (AvgIpc) is 2.58. The van der Waals surface area contributed by atoms with Crippen molar-refractivity contribution in [2.24, 2.45) is 0 Å². The van der Waals surface area contributed by atoms with Crippen molar-refractivity contribution in [2.45, 2.75) is 23.8 Å². The topological polar surface area (TPSA) is 55.4 Å². The molecular weight excluding hydrogens is 329 g/mol. The van der Waals surface area contributed by atoms with Gasteiger partial charge in [-0.15, -0.1) is 0 Å². The van der Waals surface area contributed by atoms with E-state index in [1.54, 1.807) is 24.3 Å². The van der Waals surface area contributed by atoms with E-state index in [1.807, 2.05) is 12.1 Å². The molecule has 24 heavy (non-hydrogen) atoms. The normalized spacial score (nSPS) is 18.8. The molecule has 1 atom stereocenters. The Morgan fingerprint density at radius 2 is 2.04 bits per heavy atom. The summed E-state index contributed by atoms with van der Waals surface area (Å²) >= 11 is 0. The predicted molar refractivity (Wildman–Crippen MR) is 90.5 cm³/mol. The van der Waals surface area contributed by atoms with Gasteiger partial charge in [-0.05, 0) is 48.7 Å². The van der Waals surface area contributed by atoms with Crippen LogP contribution in [-0.2, 0) is 16.3 Å². The number of nitrogens with one attached hydrogen (secondary N) is 1. The molecule has 1 aliphatic heterocycles. The first kappa shape index (κ1) is 16.9. The predicted octanol–water partition coefficient (Wildman–Crippen LogP) is 2.89. The first-order chi connectivity index (χ1) is 11.5. The molecule has 0 radical (unpaired) electrons. The summed E-state index contributed by atoms with van der Waals surface area (Å²) < 4.78 is 42.7. The molecule has 1 heterocycles. The molecule has 3 rings (SSSR count). The molecule has 2 aromatic rings. The van der Waals surface area contributed by atoms with E-state index < -0.39 is 9.84 Å². The third kappa shape index (κ3) is 3.44. The van der Waals surface area contributed by atoms with Gasteiger partial charge in [-0.3, -0.25) is 0 Å². The molecule has 0 aromatic heterocycles. The lowest BCUT2D eigenvalue weighted by molar-refractivity contribution is 0.386. The summed E-state index contributed by atoms with van der Waals surface area (Å²) in [5.41, 5.74) is 1.80. The van der Waals surface area contributed by atoms with Gasteiger partial charge in [-0.2, -0.15) is 0 Å². The Morgan fingerprint density at radius 3 is 2.83 bits per heavy atom. The number of benzene rings is 2. The summed E-state index contributed by atoms with van der Waals surface area (Å²) in [4.78, 5) is 0.428. The maximum Gasteiger partial charge on any atom is 0.178 e. The molecule has 6 heteroatoms. The quantitative estimate of drug-likeness (QED) is 0.902. The molecule has 4 nitrogen and oxygen atoms in total. The molecule has 0 bridgehead atoms. The lowest BCUT2D eigenvalue weighted by Gasteiger charge is -2.26. The van der Waals surface area contributed by atoms with Gasteiger partial charge in [0.15, 0.2) is 21.4 Å². The van der Waals surface area contributed by atoms with Gasteiger partial charge in [-0.1, -0.05) is 24.3 Å². The highest BCUT2D eigenvalue weighted by Gasteiger charge is 2.29. The number of halogens is 1. The average molecular weight is 349 g/mol. The number of hydrogen-bond donors (Lipinski definition) is 1. The van der Waals surface area contributed by atoms with Gasteiger partial charge in [0.05, 0.1) is 17.8 Å². The van der Waals surface area contributed by atoms with Gasteiger partial charge in [0, 0.05) is 6.04 Å². The lowest BCUT2D eigenvalue weighted by Crippen LogP contribution is -2.31.